The Labute approximate surface area is 161 Å². The maximum Gasteiger partial charge on any atom is 0.306 e. The zero-order chi connectivity index (χ0) is 20.5. The fourth-order valence-corrected chi connectivity index (χ4v) is 2.14. The number of aliphatic hydroxyl groups is 1. The van der Waals surface area contributed by atoms with Crippen LogP contribution in [0.25, 0.3) is 0 Å². The van der Waals surface area contributed by atoms with Crippen molar-refractivity contribution in [1.82, 2.24) is 10.6 Å². The summed E-state index contributed by atoms with van der Waals surface area (Å²) in [6.45, 7) is 9.75. The molecule has 2 atom stereocenters. The van der Waals surface area contributed by atoms with E-state index in [1.54, 1.807) is 19.1 Å². The molecule has 27 heavy (non-hydrogen) atoms. The van der Waals surface area contributed by atoms with E-state index in [4.69, 9.17) is 14.6 Å². The van der Waals surface area contributed by atoms with Crippen molar-refractivity contribution >= 4 is 17.8 Å². The summed E-state index contributed by atoms with van der Waals surface area (Å²) >= 11 is 0. The number of aliphatic hydroxyl groups excluding tert-OH is 1. The van der Waals surface area contributed by atoms with Gasteiger partial charge in [0.2, 0.25) is 11.8 Å². The Morgan fingerprint density at radius 1 is 1.15 bits per heavy atom. The van der Waals surface area contributed by atoms with Gasteiger partial charge in [-0.25, -0.2) is 0 Å². The minimum Gasteiger partial charge on any atom is -0.461 e. The normalized spacial score (nSPS) is 12.5. The fraction of sp³-hybridized carbons (Fsp3) is 0.632. The van der Waals surface area contributed by atoms with E-state index < -0.39 is 12.0 Å². The lowest BCUT2D eigenvalue weighted by Crippen LogP contribution is -2.39. The first-order valence-electron chi connectivity index (χ1n) is 9.08. The van der Waals surface area contributed by atoms with Crippen molar-refractivity contribution in [3.8, 4) is 0 Å². The summed E-state index contributed by atoms with van der Waals surface area (Å²) in [4.78, 5) is 35.8. The number of amides is 2. The average Bonchev–Trinajstić information content (AvgIpc) is 2.63. The molecule has 0 saturated carbocycles. The van der Waals surface area contributed by atoms with Crippen LogP contribution in [0.4, 0.5) is 0 Å². The van der Waals surface area contributed by atoms with Gasteiger partial charge in [0.15, 0.2) is 0 Å². The summed E-state index contributed by atoms with van der Waals surface area (Å²) in [6, 6.07) is 0. The molecule has 0 fully saturated rings. The molecule has 0 aromatic rings. The van der Waals surface area contributed by atoms with Gasteiger partial charge in [-0.2, -0.15) is 0 Å². The van der Waals surface area contributed by atoms with Gasteiger partial charge >= 0.3 is 5.97 Å². The Morgan fingerprint density at radius 2 is 1.89 bits per heavy atom. The number of hydrogen-bond donors (Lipinski definition) is 3. The van der Waals surface area contributed by atoms with E-state index in [0.717, 1.165) is 0 Å². The minimum atomic E-state index is -0.551. The van der Waals surface area contributed by atoms with E-state index >= 15 is 0 Å². The van der Waals surface area contributed by atoms with Crippen LogP contribution in [0.3, 0.4) is 0 Å². The van der Waals surface area contributed by atoms with Crippen LogP contribution in [-0.2, 0) is 23.9 Å². The van der Waals surface area contributed by atoms with Crippen molar-refractivity contribution in [2.45, 2.75) is 38.7 Å². The number of rotatable bonds is 16. The molecule has 0 rings (SSSR count). The number of esters is 1. The standard InChI is InChI=1S/C19H32N2O6/c1-4-6-8-18(24)27-15(3)14-21-19(25)16(7-5-2)13-17(23)20-9-11-26-12-10-22/h4-5,15-16,22H,1-2,6-14H2,3H3,(H,20,23)(H,21,25)/t15-,16+/m0/s1. The average molecular weight is 384 g/mol. The van der Waals surface area contributed by atoms with Crippen molar-refractivity contribution in [3.05, 3.63) is 25.3 Å². The molecule has 0 aliphatic heterocycles. The van der Waals surface area contributed by atoms with Crippen molar-refractivity contribution in [2.75, 3.05) is 32.9 Å². The summed E-state index contributed by atoms with van der Waals surface area (Å²) in [5, 5.41) is 14.0. The highest BCUT2D eigenvalue weighted by Crippen LogP contribution is 2.10. The quantitative estimate of drug-likeness (QED) is 0.205. The minimum absolute atomic E-state index is 0.0192. The van der Waals surface area contributed by atoms with E-state index in [1.807, 2.05) is 0 Å². The molecule has 0 unspecified atom stereocenters. The Bertz CT molecular complexity index is 481. The SMILES string of the molecule is C=CCCC(=O)O[C@@H](C)CNC(=O)[C@H](CC=C)CC(=O)NCCOCCO. The van der Waals surface area contributed by atoms with Gasteiger partial charge in [0.25, 0.3) is 0 Å². The highest BCUT2D eigenvalue weighted by atomic mass is 16.5. The molecule has 0 bridgehead atoms. The van der Waals surface area contributed by atoms with Crippen LogP contribution in [-0.4, -0.2) is 61.9 Å². The molecule has 0 spiro atoms. The Balaban J connectivity index is 4.25. The first kappa shape index (κ1) is 24.8. The highest BCUT2D eigenvalue weighted by Gasteiger charge is 2.21. The molecule has 0 radical (unpaired) electrons. The van der Waals surface area contributed by atoms with Crippen molar-refractivity contribution < 1.29 is 29.0 Å². The van der Waals surface area contributed by atoms with Gasteiger partial charge in [-0.15, -0.1) is 13.2 Å². The lowest BCUT2D eigenvalue weighted by atomic mass is 10.00. The highest BCUT2D eigenvalue weighted by molar-refractivity contribution is 5.85. The molecule has 154 valence electrons. The molecule has 0 aliphatic carbocycles. The van der Waals surface area contributed by atoms with Gasteiger partial charge in [-0.05, 0) is 19.8 Å². The summed E-state index contributed by atoms with van der Waals surface area (Å²) in [6.07, 6.45) is 3.92. The Hall–Kier alpha value is -2.19. The van der Waals surface area contributed by atoms with E-state index in [9.17, 15) is 14.4 Å². The number of carbonyl (C=O) groups excluding carboxylic acids is 3. The summed E-state index contributed by atoms with van der Waals surface area (Å²) in [5.41, 5.74) is 0. The summed E-state index contributed by atoms with van der Waals surface area (Å²) in [5.74, 6) is -1.46. The monoisotopic (exact) mass is 384 g/mol. The molecule has 8 heteroatoms. The predicted molar refractivity (Wildman–Crippen MR) is 102 cm³/mol. The Morgan fingerprint density at radius 3 is 2.52 bits per heavy atom. The second kappa shape index (κ2) is 16.0. The second-order valence-electron chi connectivity index (χ2n) is 5.98. The zero-order valence-corrected chi connectivity index (χ0v) is 16.1. The van der Waals surface area contributed by atoms with Crippen LogP contribution in [0.2, 0.25) is 0 Å². The topological polar surface area (TPSA) is 114 Å². The van der Waals surface area contributed by atoms with Gasteiger partial charge in [-0.3, -0.25) is 14.4 Å². The molecular formula is C19H32N2O6. The van der Waals surface area contributed by atoms with Crippen molar-refractivity contribution in [1.29, 1.82) is 0 Å². The van der Waals surface area contributed by atoms with Crippen LogP contribution >= 0.6 is 0 Å². The van der Waals surface area contributed by atoms with Crippen LogP contribution in [0.5, 0.6) is 0 Å². The third-order valence-electron chi connectivity index (χ3n) is 3.51. The first-order valence-corrected chi connectivity index (χ1v) is 9.08. The maximum absolute atomic E-state index is 12.3. The molecule has 0 saturated heterocycles. The molecule has 0 aromatic heterocycles. The smallest absolute Gasteiger partial charge is 0.306 e. The largest absolute Gasteiger partial charge is 0.461 e. The van der Waals surface area contributed by atoms with Gasteiger partial charge in [0, 0.05) is 19.4 Å². The lowest BCUT2D eigenvalue weighted by Gasteiger charge is -2.18. The fourth-order valence-electron chi connectivity index (χ4n) is 2.14. The Kier molecular flexibility index (Phi) is 14.7. The van der Waals surface area contributed by atoms with Crippen LogP contribution in [0, 0.1) is 5.92 Å². The van der Waals surface area contributed by atoms with Gasteiger partial charge in [-0.1, -0.05) is 12.2 Å². The van der Waals surface area contributed by atoms with Gasteiger partial charge in [0.05, 0.1) is 32.3 Å². The van der Waals surface area contributed by atoms with Crippen LogP contribution in [0.15, 0.2) is 25.3 Å². The molecular weight excluding hydrogens is 352 g/mol. The number of allylic oxidation sites excluding steroid dienone is 2. The molecule has 0 aromatic carbocycles. The lowest BCUT2D eigenvalue weighted by molar-refractivity contribution is -0.148. The third kappa shape index (κ3) is 13.6. The maximum atomic E-state index is 12.3. The number of nitrogens with one attached hydrogen (secondary N) is 2. The summed E-state index contributed by atoms with van der Waals surface area (Å²) in [7, 11) is 0. The zero-order valence-electron chi connectivity index (χ0n) is 16.1. The summed E-state index contributed by atoms with van der Waals surface area (Å²) < 4.78 is 10.2. The van der Waals surface area contributed by atoms with Crippen LogP contribution < -0.4 is 10.6 Å². The molecule has 0 aliphatic rings. The van der Waals surface area contributed by atoms with Crippen LogP contribution in [0.1, 0.15) is 32.6 Å². The van der Waals surface area contributed by atoms with Gasteiger partial charge < -0.3 is 25.2 Å². The first-order chi connectivity index (χ1) is 12.9. The number of ether oxygens (including phenoxy) is 2. The van der Waals surface area contributed by atoms with E-state index in [1.165, 1.54) is 0 Å². The molecule has 0 heterocycles. The van der Waals surface area contributed by atoms with E-state index in [0.29, 0.717) is 26.0 Å². The van der Waals surface area contributed by atoms with Crippen molar-refractivity contribution in [3.63, 3.8) is 0 Å². The third-order valence-corrected chi connectivity index (χ3v) is 3.51. The number of carbonyl (C=O) groups is 3. The van der Waals surface area contributed by atoms with Gasteiger partial charge in [0.1, 0.15) is 6.10 Å². The second-order valence-corrected chi connectivity index (χ2v) is 5.98. The molecule has 8 nitrogen and oxygen atoms in total. The number of hydrogen-bond acceptors (Lipinski definition) is 6. The van der Waals surface area contributed by atoms with E-state index in [-0.39, 0.29) is 50.4 Å². The molecule has 2 amide bonds. The molecule has 3 N–H and O–H groups in total. The van der Waals surface area contributed by atoms with E-state index in [2.05, 4.69) is 23.8 Å². The predicted octanol–water partition coefficient (Wildman–Crippen LogP) is 0.708. The van der Waals surface area contributed by atoms with Crippen molar-refractivity contribution in [2.24, 2.45) is 5.92 Å².